The molecule has 3 fully saturated rings. The molecule has 8 nitrogen and oxygen atoms in total. The van der Waals surface area contributed by atoms with Gasteiger partial charge in [0.2, 0.25) is 11.8 Å². The van der Waals surface area contributed by atoms with E-state index in [0.717, 1.165) is 48.1 Å². The Morgan fingerprint density at radius 1 is 0.898 bits per heavy atom. The standard InChI is InChI=1S/C37H47ClF3N5O3/c1-25-20-26(6-7-32(25)38)21-30(35(48)45-16-10-28(11-17-45)27-8-14-43(15-9-27)24-37(39,40)41)22-34(47)44-18-12-31(13-19-44)46-23-29-4-2-3-5-33(29)42-36(46)49/h2-7,20,27-28,30-31H,8-19,21-24H2,1H3,(H,42,49). The summed E-state index contributed by atoms with van der Waals surface area (Å²) >= 11 is 6.29. The van der Waals surface area contributed by atoms with Crippen LogP contribution in [0.3, 0.4) is 0 Å². The molecule has 4 aliphatic rings. The first-order valence-electron chi connectivity index (χ1n) is 17.7. The maximum atomic E-state index is 14.1. The fourth-order valence-corrected chi connectivity index (χ4v) is 8.45. The summed E-state index contributed by atoms with van der Waals surface area (Å²) in [7, 11) is 0. The van der Waals surface area contributed by atoms with Crippen LogP contribution in [0.2, 0.25) is 5.02 Å². The van der Waals surface area contributed by atoms with Crippen LogP contribution < -0.4 is 5.32 Å². The zero-order chi connectivity index (χ0) is 34.7. The second-order valence-electron chi connectivity index (χ2n) is 14.4. The zero-order valence-corrected chi connectivity index (χ0v) is 28.9. The van der Waals surface area contributed by atoms with Crippen LogP contribution in [-0.2, 0) is 22.6 Å². The summed E-state index contributed by atoms with van der Waals surface area (Å²) in [4.78, 5) is 47.8. The van der Waals surface area contributed by atoms with Crippen LogP contribution in [0.5, 0.6) is 0 Å². The molecule has 0 radical (unpaired) electrons. The molecule has 4 aliphatic heterocycles. The summed E-state index contributed by atoms with van der Waals surface area (Å²) in [6.45, 7) is 4.82. The number of rotatable bonds is 8. The van der Waals surface area contributed by atoms with Crippen molar-refractivity contribution in [3.63, 3.8) is 0 Å². The lowest BCUT2D eigenvalue weighted by Crippen LogP contribution is -2.51. The first-order valence-corrected chi connectivity index (χ1v) is 18.1. The van der Waals surface area contributed by atoms with Crippen LogP contribution in [0.1, 0.15) is 61.6 Å². The largest absolute Gasteiger partial charge is 0.401 e. The maximum Gasteiger partial charge on any atom is 0.401 e. The van der Waals surface area contributed by atoms with E-state index in [1.54, 1.807) is 0 Å². The summed E-state index contributed by atoms with van der Waals surface area (Å²) in [6.07, 6.45) is 0.915. The second kappa shape index (κ2) is 15.3. The molecule has 0 bridgehead atoms. The number of alkyl halides is 3. The van der Waals surface area contributed by atoms with E-state index in [-0.39, 0.29) is 30.3 Å². The van der Waals surface area contributed by atoms with Crippen molar-refractivity contribution < 1.29 is 27.6 Å². The lowest BCUT2D eigenvalue weighted by atomic mass is 9.78. The average molecular weight is 702 g/mol. The van der Waals surface area contributed by atoms with Gasteiger partial charge in [-0.1, -0.05) is 41.9 Å². The van der Waals surface area contributed by atoms with E-state index in [9.17, 15) is 27.6 Å². The Hall–Kier alpha value is -3.31. The number of nitrogens with one attached hydrogen (secondary N) is 1. The van der Waals surface area contributed by atoms with E-state index in [1.165, 1.54) is 4.90 Å². The Bertz CT molecular complexity index is 1500. The molecule has 6 rings (SSSR count). The number of piperidine rings is 3. The predicted molar refractivity (Wildman–Crippen MR) is 183 cm³/mol. The number of halogens is 4. The quantitative estimate of drug-likeness (QED) is 0.331. The van der Waals surface area contributed by atoms with Gasteiger partial charge >= 0.3 is 12.2 Å². The summed E-state index contributed by atoms with van der Waals surface area (Å²) in [5.74, 6) is 0.198. The Kier molecular flexibility index (Phi) is 11.1. The van der Waals surface area contributed by atoms with Crippen molar-refractivity contribution in [2.24, 2.45) is 17.8 Å². The van der Waals surface area contributed by atoms with Crippen molar-refractivity contribution in [1.29, 1.82) is 0 Å². The number of urea groups is 1. The molecule has 0 aromatic heterocycles. The normalized spacial score (nSPS) is 21.0. The van der Waals surface area contributed by atoms with Gasteiger partial charge in [-0.25, -0.2) is 4.79 Å². The van der Waals surface area contributed by atoms with E-state index in [1.807, 2.05) is 64.1 Å². The Morgan fingerprint density at radius 3 is 2.18 bits per heavy atom. The third-order valence-electron chi connectivity index (χ3n) is 11.1. The van der Waals surface area contributed by atoms with Crippen molar-refractivity contribution in [2.45, 2.75) is 77.1 Å². The van der Waals surface area contributed by atoms with Gasteiger partial charge in [-0.2, -0.15) is 13.2 Å². The van der Waals surface area contributed by atoms with Gasteiger partial charge in [0.05, 0.1) is 12.5 Å². The van der Waals surface area contributed by atoms with E-state index >= 15 is 0 Å². The average Bonchev–Trinajstić information content (AvgIpc) is 3.09. The highest BCUT2D eigenvalue weighted by molar-refractivity contribution is 6.31. The lowest BCUT2D eigenvalue weighted by molar-refractivity contribution is -0.149. The number of aryl methyl sites for hydroxylation is 1. The molecule has 2 aromatic carbocycles. The number of anilines is 1. The number of amides is 4. The monoisotopic (exact) mass is 701 g/mol. The smallest absolute Gasteiger partial charge is 0.343 e. The third-order valence-corrected chi connectivity index (χ3v) is 11.6. The molecule has 2 aromatic rings. The number of para-hydroxylation sites is 1. The van der Waals surface area contributed by atoms with Crippen LogP contribution in [0, 0.1) is 24.7 Å². The van der Waals surface area contributed by atoms with Crippen molar-refractivity contribution in [3.8, 4) is 0 Å². The van der Waals surface area contributed by atoms with Crippen molar-refractivity contribution in [1.82, 2.24) is 19.6 Å². The third kappa shape index (κ3) is 8.89. The summed E-state index contributed by atoms with van der Waals surface area (Å²) in [6, 6.07) is 13.5. The van der Waals surface area contributed by atoms with Gasteiger partial charge in [-0.15, -0.1) is 0 Å². The van der Waals surface area contributed by atoms with E-state index in [0.29, 0.717) is 81.9 Å². The van der Waals surface area contributed by atoms with E-state index in [2.05, 4.69) is 5.32 Å². The summed E-state index contributed by atoms with van der Waals surface area (Å²) < 4.78 is 38.6. The Morgan fingerprint density at radius 2 is 1.53 bits per heavy atom. The molecule has 266 valence electrons. The van der Waals surface area contributed by atoms with Crippen LogP contribution >= 0.6 is 11.6 Å². The number of nitrogens with zero attached hydrogens (tertiary/aromatic N) is 4. The number of likely N-dealkylation sites (tertiary alicyclic amines) is 3. The molecule has 12 heteroatoms. The zero-order valence-electron chi connectivity index (χ0n) is 28.2. The van der Waals surface area contributed by atoms with Crippen molar-refractivity contribution >= 4 is 35.1 Å². The lowest BCUT2D eigenvalue weighted by Gasteiger charge is -2.41. The van der Waals surface area contributed by atoms with Gasteiger partial charge in [0.1, 0.15) is 0 Å². The first-order chi connectivity index (χ1) is 23.4. The summed E-state index contributed by atoms with van der Waals surface area (Å²) in [5.41, 5.74) is 3.81. The molecule has 4 heterocycles. The number of benzene rings is 2. The van der Waals surface area contributed by atoms with Gasteiger partial charge in [0.25, 0.3) is 0 Å². The minimum absolute atomic E-state index is 0.0158. The molecular weight excluding hydrogens is 655 g/mol. The SMILES string of the molecule is Cc1cc(CC(CC(=O)N2CCC(N3Cc4ccccc4NC3=O)CC2)C(=O)N2CCC(C3CCN(CC(F)(F)F)CC3)CC2)ccc1Cl. The van der Waals surface area contributed by atoms with Crippen molar-refractivity contribution in [3.05, 3.63) is 64.2 Å². The molecule has 3 saturated heterocycles. The summed E-state index contributed by atoms with van der Waals surface area (Å²) in [5, 5.41) is 3.64. The molecule has 4 amide bonds. The Balaban J connectivity index is 1.05. The molecule has 0 spiro atoms. The van der Waals surface area contributed by atoms with Crippen molar-refractivity contribution in [2.75, 3.05) is 51.1 Å². The van der Waals surface area contributed by atoms with E-state index < -0.39 is 18.6 Å². The highest BCUT2D eigenvalue weighted by atomic mass is 35.5. The number of fused-ring (bicyclic) bond motifs is 1. The van der Waals surface area contributed by atoms with Gasteiger partial charge in [0, 0.05) is 55.9 Å². The maximum absolute atomic E-state index is 14.1. The number of carbonyl (C=O) groups excluding carboxylic acids is 3. The fraction of sp³-hybridized carbons (Fsp3) is 0.595. The predicted octanol–water partition coefficient (Wildman–Crippen LogP) is 6.75. The van der Waals surface area contributed by atoms with Crippen LogP contribution in [0.25, 0.3) is 0 Å². The van der Waals surface area contributed by atoms with Crippen LogP contribution in [0.15, 0.2) is 42.5 Å². The van der Waals surface area contributed by atoms with Gasteiger partial charge in [-0.05, 0) is 106 Å². The number of hydrogen-bond donors (Lipinski definition) is 1. The molecule has 1 N–H and O–H groups in total. The Labute approximate surface area is 291 Å². The van der Waals surface area contributed by atoms with E-state index in [4.69, 9.17) is 11.6 Å². The number of hydrogen-bond acceptors (Lipinski definition) is 4. The molecular formula is C37H47ClF3N5O3. The molecule has 1 atom stereocenters. The highest BCUT2D eigenvalue weighted by Crippen LogP contribution is 2.35. The van der Waals surface area contributed by atoms with Gasteiger partial charge < -0.3 is 20.0 Å². The molecule has 1 unspecified atom stereocenters. The molecule has 0 aliphatic carbocycles. The topological polar surface area (TPSA) is 76.2 Å². The molecule has 49 heavy (non-hydrogen) atoms. The van der Waals surface area contributed by atoms with Crippen LogP contribution in [-0.4, -0.2) is 95.5 Å². The first kappa shape index (κ1) is 35.5. The van der Waals surface area contributed by atoms with Crippen LogP contribution in [0.4, 0.5) is 23.7 Å². The van der Waals surface area contributed by atoms with Gasteiger partial charge in [-0.3, -0.25) is 14.5 Å². The minimum Gasteiger partial charge on any atom is -0.343 e. The number of carbonyl (C=O) groups is 3. The highest BCUT2D eigenvalue weighted by Gasteiger charge is 2.38. The minimum atomic E-state index is -4.17. The second-order valence-corrected chi connectivity index (χ2v) is 14.8. The fourth-order valence-electron chi connectivity index (χ4n) is 8.33. The molecule has 0 saturated carbocycles. The van der Waals surface area contributed by atoms with Gasteiger partial charge in [0.15, 0.2) is 0 Å².